The first kappa shape index (κ1) is 9.38. The molecule has 0 atom stereocenters. The average molecular weight is 208 g/mol. The first-order valence-corrected chi connectivity index (χ1v) is 4.17. The number of aromatic nitrogens is 2. The van der Waals surface area contributed by atoms with E-state index in [1.165, 1.54) is 14.0 Å². The van der Waals surface area contributed by atoms with E-state index in [4.69, 9.17) is 5.73 Å². The molecule has 0 aliphatic carbocycles. The fourth-order valence-electron chi connectivity index (χ4n) is 1.45. The van der Waals surface area contributed by atoms with Crippen molar-refractivity contribution in [3.05, 3.63) is 11.3 Å². The number of fused-ring (bicyclic) bond motifs is 1. The van der Waals surface area contributed by atoms with Gasteiger partial charge in [0, 0.05) is 14.0 Å². The Labute approximate surface area is 84.4 Å². The zero-order valence-corrected chi connectivity index (χ0v) is 8.14. The van der Waals surface area contributed by atoms with Crippen LogP contribution < -0.4 is 5.73 Å². The number of imide groups is 1. The minimum atomic E-state index is -0.540. The van der Waals surface area contributed by atoms with Crippen LogP contribution in [0.25, 0.3) is 0 Å². The summed E-state index contributed by atoms with van der Waals surface area (Å²) < 4.78 is 0.855. The molecule has 2 N–H and O–H groups in total. The van der Waals surface area contributed by atoms with Crippen molar-refractivity contribution in [3.8, 4) is 0 Å². The van der Waals surface area contributed by atoms with E-state index in [1.807, 2.05) is 0 Å². The van der Waals surface area contributed by atoms with Gasteiger partial charge < -0.3 is 5.73 Å². The van der Waals surface area contributed by atoms with E-state index < -0.39 is 17.7 Å². The summed E-state index contributed by atoms with van der Waals surface area (Å²) in [4.78, 5) is 34.9. The normalized spacial score (nSPS) is 14.7. The van der Waals surface area contributed by atoms with Crippen LogP contribution in [-0.4, -0.2) is 39.4 Å². The lowest BCUT2D eigenvalue weighted by Gasteiger charge is -2.06. The lowest BCUT2D eigenvalue weighted by molar-refractivity contribution is 0.0689. The van der Waals surface area contributed by atoms with Gasteiger partial charge in [-0.1, -0.05) is 0 Å². The number of hydrogen-bond donors (Lipinski definition) is 1. The van der Waals surface area contributed by atoms with E-state index in [1.54, 1.807) is 0 Å². The summed E-state index contributed by atoms with van der Waals surface area (Å²) in [6.07, 6.45) is 0. The maximum atomic E-state index is 11.5. The molecule has 1 aromatic rings. The van der Waals surface area contributed by atoms with Gasteiger partial charge in [0.2, 0.25) is 5.91 Å². The monoisotopic (exact) mass is 208 g/mol. The highest BCUT2D eigenvalue weighted by Gasteiger charge is 2.39. The standard InChI is InChI=1S/C8H8N4O3/c1-3(13)12-6(9)4-5(10-12)8(15)11(2)7(4)14/h9H2,1-2H3. The smallest absolute Gasteiger partial charge is 0.281 e. The molecule has 0 bridgehead atoms. The van der Waals surface area contributed by atoms with Crippen molar-refractivity contribution in [2.24, 2.45) is 0 Å². The van der Waals surface area contributed by atoms with Gasteiger partial charge in [-0.25, -0.2) is 0 Å². The van der Waals surface area contributed by atoms with Gasteiger partial charge in [0.15, 0.2) is 5.69 Å². The quantitative estimate of drug-likeness (QED) is 0.571. The second-order valence-electron chi connectivity index (χ2n) is 3.21. The van der Waals surface area contributed by atoms with Crippen LogP contribution in [0.15, 0.2) is 0 Å². The molecule has 15 heavy (non-hydrogen) atoms. The number of carbonyl (C=O) groups is 3. The first-order chi connectivity index (χ1) is 6.95. The maximum absolute atomic E-state index is 11.5. The Kier molecular flexibility index (Phi) is 1.66. The van der Waals surface area contributed by atoms with Crippen LogP contribution >= 0.6 is 0 Å². The Morgan fingerprint density at radius 3 is 2.40 bits per heavy atom. The summed E-state index contributed by atoms with van der Waals surface area (Å²) in [6.45, 7) is 1.25. The van der Waals surface area contributed by atoms with Crippen molar-refractivity contribution >= 4 is 23.5 Å². The minimum absolute atomic E-state index is 0.0118. The summed E-state index contributed by atoms with van der Waals surface area (Å²) in [5, 5.41) is 3.70. The minimum Gasteiger partial charge on any atom is -0.383 e. The van der Waals surface area contributed by atoms with E-state index in [0.29, 0.717) is 0 Å². The highest BCUT2D eigenvalue weighted by atomic mass is 16.2. The van der Waals surface area contributed by atoms with Crippen molar-refractivity contribution in [3.63, 3.8) is 0 Å². The molecule has 0 spiro atoms. The van der Waals surface area contributed by atoms with Crippen LogP contribution in [0.5, 0.6) is 0 Å². The van der Waals surface area contributed by atoms with Gasteiger partial charge in [-0.3, -0.25) is 19.3 Å². The summed E-state index contributed by atoms with van der Waals surface area (Å²) >= 11 is 0. The Hall–Kier alpha value is -2.18. The molecule has 2 amide bonds. The predicted octanol–water partition coefficient (Wildman–Crippen LogP) is -0.649. The molecule has 2 rings (SSSR count). The van der Waals surface area contributed by atoms with Gasteiger partial charge in [0.1, 0.15) is 11.4 Å². The lowest BCUT2D eigenvalue weighted by atomic mass is 10.2. The summed E-state index contributed by atoms with van der Waals surface area (Å²) in [5.74, 6) is -1.59. The second kappa shape index (κ2) is 2.66. The molecule has 1 aliphatic heterocycles. The third-order valence-corrected chi connectivity index (χ3v) is 2.25. The van der Waals surface area contributed by atoms with E-state index in [9.17, 15) is 14.4 Å². The third kappa shape index (κ3) is 0.997. The molecule has 2 heterocycles. The number of nitrogen functional groups attached to an aromatic ring is 1. The summed E-state index contributed by atoms with van der Waals surface area (Å²) in [7, 11) is 1.34. The van der Waals surface area contributed by atoms with Crippen molar-refractivity contribution < 1.29 is 14.4 Å². The SMILES string of the molecule is CC(=O)n1nc2c(c1N)C(=O)N(C)C2=O. The molecular formula is C8H8N4O3. The molecular weight excluding hydrogens is 200 g/mol. The topological polar surface area (TPSA) is 98.3 Å². The van der Waals surface area contributed by atoms with E-state index in [0.717, 1.165) is 9.58 Å². The molecule has 0 unspecified atom stereocenters. The van der Waals surface area contributed by atoms with Crippen LogP contribution in [0.4, 0.5) is 5.82 Å². The van der Waals surface area contributed by atoms with E-state index >= 15 is 0 Å². The number of carbonyl (C=O) groups excluding carboxylic acids is 3. The average Bonchev–Trinajstić information content (AvgIpc) is 2.61. The van der Waals surface area contributed by atoms with Crippen molar-refractivity contribution in [2.75, 3.05) is 12.8 Å². The van der Waals surface area contributed by atoms with Gasteiger partial charge in [0.05, 0.1) is 0 Å². The lowest BCUT2D eigenvalue weighted by Crippen LogP contribution is -2.27. The summed E-state index contributed by atoms with van der Waals surface area (Å²) in [6, 6.07) is 0. The number of anilines is 1. The number of rotatable bonds is 0. The van der Waals surface area contributed by atoms with Gasteiger partial charge >= 0.3 is 0 Å². The predicted molar refractivity (Wildman–Crippen MR) is 49.4 cm³/mol. The molecule has 0 saturated heterocycles. The molecule has 78 valence electrons. The van der Waals surface area contributed by atoms with Crippen molar-refractivity contribution in [1.82, 2.24) is 14.7 Å². The number of hydrogen-bond acceptors (Lipinski definition) is 5. The molecule has 0 aromatic carbocycles. The van der Waals surface area contributed by atoms with Crippen molar-refractivity contribution in [1.29, 1.82) is 0 Å². The van der Waals surface area contributed by atoms with Crippen LogP contribution in [0.3, 0.4) is 0 Å². The number of amides is 2. The first-order valence-electron chi connectivity index (χ1n) is 4.17. The molecule has 1 aliphatic rings. The molecule has 1 aromatic heterocycles. The highest BCUT2D eigenvalue weighted by molar-refractivity contribution is 6.22. The molecule has 7 nitrogen and oxygen atoms in total. The Balaban J connectivity index is 2.69. The Morgan fingerprint density at radius 1 is 1.33 bits per heavy atom. The Bertz CT molecular complexity index is 502. The van der Waals surface area contributed by atoms with Crippen LogP contribution in [0, 0.1) is 0 Å². The largest absolute Gasteiger partial charge is 0.383 e. The van der Waals surface area contributed by atoms with Gasteiger partial charge in [-0.2, -0.15) is 9.78 Å². The van der Waals surface area contributed by atoms with Gasteiger partial charge in [0.25, 0.3) is 11.8 Å². The van der Waals surface area contributed by atoms with Crippen LogP contribution in [0.2, 0.25) is 0 Å². The Morgan fingerprint density at radius 2 is 1.93 bits per heavy atom. The summed E-state index contributed by atoms with van der Waals surface area (Å²) in [5.41, 5.74) is 5.50. The zero-order valence-electron chi connectivity index (χ0n) is 8.14. The zero-order chi connectivity index (χ0) is 11.3. The highest BCUT2D eigenvalue weighted by Crippen LogP contribution is 2.25. The maximum Gasteiger partial charge on any atom is 0.281 e. The van der Waals surface area contributed by atoms with Crippen LogP contribution in [0.1, 0.15) is 32.6 Å². The molecule has 0 fully saturated rings. The fourth-order valence-corrected chi connectivity index (χ4v) is 1.45. The number of nitrogens with zero attached hydrogens (tertiary/aromatic N) is 3. The van der Waals surface area contributed by atoms with Crippen LogP contribution in [-0.2, 0) is 0 Å². The third-order valence-electron chi connectivity index (χ3n) is 2.25. The van der Waals surface area contributed by atoms with Gasteiger partial charge in [-0.05, 0) is 0 Å². The number of nitrogens with two attached hydrogens (primary N) is 1. The van der Waals surface area contributed by atoms with E-state index in [-0.39, 0.29) is 17.1 Å². The van der Waals surface area contributed by atoms with E-state index in [2.05, 4.69) is 5.10 Å². The second-order valence-corrected chi connectivity index (χ2v) is 3.21. The molecule has 0 saturated carbocycles. The molecule has 7 heteroatoms. The van der Waals surface area contributed by atoms with Crippen molar-refractivity contribution in [2.45, 2.75) is 6.92 Å². The fraction of sp³-hybridized carbons (Fsp3) is 0.250. The van der Waals surface area contributed by atoms with Gasteiger partial charge in [-0.15, -0.1) is 0 Å². The molecule has 0 radical (unpaired) electrons.